The summed E-state index contributed by atoms with van der Waals surface area (Å²) in [6.07, 6.45) is 0. The Kier molecular flexibility index (Phi) is 9.85. The van der Waals surface area contributed by atoms with E-state index < -0.39 is 11.6 Å². The zero-order valence-corrected chi connectivity index (χ0v) is 21.6. The minimum Gasteiger partial charge on any atom is -0.506 e. The van der Waals surface area contributed by atoms with Gasteiger partial charge in [0.1, 0.15) is 18.2 Å². The van der Waals surface area contributed by atoms with Crippen LogP contribution in [0.25, 0.3) is 16.7 Å². The van der Waals surface area contributed by atoms with Crippen LogP contribution < -0.4 is 4.74 Å². The molecule has 3 aromatic carbocycles. The molecule has 3 rings (SSSR count). The number of phenols is 1. The zero-order chi connectivity index (χ0) is 26.3. The molecule has 0 atom stereocenters. The first-order valence-corrected chi connectivity index (χ1v) is 11.4. The smallest absolute Gasteiger partial charge is 0.175 e. The summed E-state index contributed by atoms with van der Waals surface area (Å²) in [4.78, 5) is 0. The summed E-state index contributed by atoms with van der Waals surface area (Å²) in [5, 5.41) is 10.4. The molecule has 0 unspecified atom stereocenters. The summed E-state index contributed by atoms with van der Waals surface area (Å²) >= 11 is 5.96. The SMILES string of the molecule is C/C(=C(\C)c1cccc(Cl)c1O)c1ccc(C)cc1.C=C(C)COc1ccc(F)c(C(=C)C)c1F. The number of aryl methyl sites for hydroxylation is 1. The van der Waals surface area contributed by atoms with Crippen molar-refractivity contribution in [2.24, 2.45) is 0 Å². The molecule has 0 spiro atoms. The fourth-order valence-corrected chi connectivity index (χ4v) is 3.45. The van der Waals surface area contributed by atoms with Crippen LogP contribution >= 0.6 is 11.6 Å². The maximum Gasteiger partial charge on any atom is 0.175 e. The first kappa shape index (κ1) is 27.9. The van der Waals surface area contributed by atoms with Crippen molar-refractivity contribution in [3.8, 4) is 11.5 Å². The third-order valence-corrected chi connectivity index (χ3v) is 5.70. The Morgan fingerprint density at radius 2 is 1.54 bits per heavy atom. The van der Waals surface area contributed by atoms with E-state index in [1.165, 1.54) is 17.7 Å². The molecule has 184 valence electrons. The second kappa shape index (κ2) is 12.4. The van der Waals surface area contributed by atoms with Crippen molar-refractivity contribution in [3.63, 3.8) is 0 Å². The van der Waals surface area contributed by atoms with Gasteiger partial charge < -0.3 is 9.84 Å². The normalized spacial score (nSPS) is 11.2. The molecule has 0 heterocycles. The molecule has 0 aromatic heterocycles. The van der Waals surface area contributed by atoms with Crippen LogP contribution in [0.3, 0.4) is 0 Å². The maximum atomic E-state index is 13.8. The number of hydrogen-bond donors (Lipinski definition) is 1. The molecule has 0 fully saturated rings. The summed E-state index contributed by atoms with van der Waals surface area (Å²) in [6.45, 7) is 16.8. The third-order valence-electron chi connectivity index (χ3n) is 5.39. The van der Waals surface area contributed by atoms with E-state index in [1.807, 2.05) is 19.1 Å². The molecule has 1 N–H and O–H groups in total. The van der Waals surface area contributed by atoms with Crippen molar-refractivity contribution < 1.29 is 18.6 Å². The third kappa shape index (κ3) is 7.30. The minimum absolute atomic E-state index is 0.0161. The molecule has 0 radical (unpaired) electrons. The van der Waals surface area contributed by atoms with Crippen LogP contribution in [0.1, 0.15) is 49.9 Å². The number of para-hydroxylation sites is 1. The summed E-state index contributed by atoms with van der Waals surface area (Å²) in [6, 6.07) is 16.2. The molecule has 0 amide bonds. The molecule has 0 aliphatic heterocycles. The molecule has 0 aliphatic rings. The minimum atomic E-state index is -0.714. The Labute approximate surface area is 211 Å². The predicted molar refractivity (Wildman–Crippen MR) is 144 cm³/mol. The number of hydrogen-bond acceptors (Lipinski definition) is 2. The lowest BCUT2D eigenvalue weighted by atomic mass is 9.96. The highest BCUT2D eigenvalue weighted by Gasteiger charge is 2.15. The Morgan fingerprint density at radius 1 is 0.914 bits per heavy atom. The van der Waals surface area contributed by atoms with Crippen molar-refractivity contribution in [2.75, 3.05) is 6.61 Å². The van der Waals surface area contributed by atoms with Gasteiger partial charge in [-0.1, -0.05) is 66.7 Å². The number of aromatic hydroxyl groups is 1. The van der Waals surface area contributed by atoms with Crippen molar-refractivity contribution in [3.05, 3.63) is 112 Å². The monoisotopic (exact) mass is 496 g/mol. The van der Waals surface area contributed by atoms with Crippen LogP contribution in [0.5, 0.6) is 11.5 Å². The number of halogens is 3. The highest BCUT2D eigenvalue weighted by Crippen LogP contribution is 2.35. The van der Waals surface area contributed by atoms with E-state index in [4.69, 9.17) is 16.3 Å². The van der Waals surface area contributed by atoms with E-state index in [-0.39, 0.29) is 23.7 Å². The van der Waals surface area contributed by atoms with Crippen LogP contribution in [0, 0.1) is 18.6 Å². The van der Waals surface area contributed by atoms with Crippen LogP contribution in [-0.4, -0.2) is 11.7 Å². The van der Waals surface area contributed by atoms with Gasteiger partial charge in [-0.05, 0) is 80.7 Å². The molecular weight excluding hydrogens is 466 g/mol. The second-order valence-corrected chi connectivity index (χ2v) is 8.92. The van der Waals surface area contributed by atoms with Gasteiger partial charge in [-0.15, -0.1) is 0 Å². The molecule has 0 saturated carbocycles. The van der Waals surface area contributed by atoms with E-state index in [0.717, 1.165) is 27.8 Å². The van der Waals surface area contributed by atoms with Gasteiger partial charge in [0, 0.05) is 5.56 Å². The van der Waals surface area contributed by atoms with Gasteiger partial charge in [0.25, 0.3) is 0 Å². The molecule has 5 heteroatoms. The maximum absolute atomic E-state index is 13.8. The van der Waals surface area contributed by atoms with Gasteiger partial charge in [0.15, 0.2) is 11.6 Å². The number of rotatable bonds is 6. The fourth-order valence-electron chi connectivity index (χ4n) is 3.28. The van der Waals surface area contributed by atoms with E-state index in [2.05, 4.69) is 51.3 Å². The van der Waals surface area contributed by atoms with Crippen LogP contribution in [-0.2, 0) is 0 Å². The first-order valence-electron chi connectivity index (χ1n) is 11.1. The standard InChI is InChI=1S/C17H17ClO.C13H14F2O/c1-11-7-9-14(10-8-11)12(2)13(3)15-5-4-6-16(18)17(15)19;1-8(2)7-16-11-6-5-10(14)12(9(3)4)13(11)15/h4-10,19H,1-3H3;5-6H,1,3,7H2,2,4H3/b13-12-;. The molecule has 35 heavy (non-hydrogen) atoms. The van der Waals surface area contributed by atoms with Crippen LogP contribution in [0.2, 0.25) is 5.02 Å². The van der Waals surface area contributed by atoms with Gasteiger partial charge in [0.2, 0.25) is 0 Å². The molecule has 0 saturated heterocycles. The number of phenolic OH excluding ortho intramolecular Hbond substituents is 1. The topological polar surface area (TPSA) is 29.5 Å². The van der Waals surface area contributed by atoms with Crippen molar-refractivity contribution >= 4 is 28.3 Å². The quantitative estimate of drug-likeness (QED) is 0.272. The Hall–Kier alpha value is -3.37. The summed E-state index contributed by atoms with van der Waals surface area (Å²) in [5.41, 5.74) is 6.31. The Balaban J connectivity index is 0.000000251. The largest absolute Gasteiger partial charge is 0.506 e. The molecule has 0 aliphatic carbocycles. The molecule has 2 nitrogen and oxygen atoms in total. The lowest BCUT2D eigenvalue weighted by Gasteiger charge is -2.11. The highest BCUT2D eigenvalue weighted by atomic mass is 35.5. The summed E-state index contributed by atoms with van der Waals surface area (Å²) < 4.78 is 32.2. The van der Waals surface area contributed by atoms with Gasteiger partial charge in [-0.2, -0.15) is 0 Å². The van der Waals surface area contributed by atoms with Gasteiger partial charge in [-0.25, -0.2) is 8.78 Å². The van der Waals surface area contributed by atoms with Gasteiger partial charge >= 0.3 is 0 Å². The summed E-state index contributed by atoms with van der Waals surface area (Å²) in [5.74, 6) is -1.18. The molecule has 0 bridgehead atoms. The second-order valence-electron chi connectivity index (χ2n) is 8.51. The number of benzene rings is 3. The average molecular weight is 497 g/mol. The van der Waals surface area contributed by atoms with Crippen molar-refractivity contribution in [1.82, 2.24) is 0 Å². The first-order chi connectivity index (χ1) is 16.4. The van der Waals surface area contributed by atoms with E-state index >= 15 is 0 Å². The summed E-state index contributed by atoms with van der Waals surface area (Å²) in [7, 11) is 0. The predicted octanol–water partition coefficient (Wildman–Crippen LogP) is 9.26. The number of allylic oxidation sites excluding steroid dienone is 3. The highest BCUT2D eigenvalue weighted by molar-refractivity contribution is 6.32. The fraction of sp³-hybridized carbons (Fsp3) is 0.200. The van der Waals surface area contributed by atoms with Crippen LogP contribution in [0.4, 0.5) is 8.78 Å². The van der Waals surface area contributed by atoms with Crippen molar-refractivity contribution in [1.29, 1.82) is 0 Å². The molecular formula is C30H31ClF2O2. The number of ether oxygens (including phenoxy) is 1. The van der Waals surface area contributed by atoms with Gasteiger partial charge in [0.05, 0.1) is 10.6 Å². The van der Waals surface area contributed by atoms with Gasteiger partial charge in [-0.3, -0.25) is 0 Å². The molecule has 3 aromatic rings. The Bertz CT molecular complexity index is 1260. The Morgan fingerprint density at radius 3 is 2.11 bits per heavy atom. The lowest BCUT2D eigenvalue weighted by molar-refractivity contribution is 0.331. The van der Waals surface area contributed by atoms with Crippen molar-refractivity contribution in [2.45, 2.75) is 34.6 Å². The average Bonchev–Trinajstić information content (AvgIpc) is 2.80. The zero-order valence-electron chi connectivity index (χ0n) is 20.8. The van der Waals surface area contributed by atoms with E-state index in [1.54, 1.807) is 19.9 Å². The lowest BCUT2D eigenvalue weighted by Crippen LogP contribution is -2.02. The van der Waals surface area contributed by atoms with Crippen LogP contribution in [0.15, 0.2) is 73.3 Å². The van der Waals surface area contributed by atoms with E-state index in [9.17, 15) is 13.9 Å². The van der Waals surface area contributed by atoms with E-state index in [0.29, 0.717) is 10.6 Å².